The van der Waals surface area contributed by atoms with Gasteiger partial charge in [-0.25, -0.2) is 8.42 Å². The summed E-state index contributed by atoms with van der Waals surface area (Å²) in [5, 5.41) is 10.4. The van der Waals surface area contributed by atoms with Crippen molar-refractivity contribution in [2.24, 2.45) is 17.8 Å². The van der Waals surface area contributed by atoms with Crippen LogP contribution in [0.2, 0.25) is 0 Å². The molecule has 4 atom stereocenters. The van der Waals surface area contributed by atoms with E-state index in [1.54, 1.807) is 18.2 Å². The summed E-state index contributed by atoms with van der Waals surface area (Å²) >= 11 is 0. The van der Waals surface area contributed by atoms with Crippen molar-refractivity contribution >= 4 is 9.84 Å². The second kappa shape index (κ2) is 5.15. The van der Waals surface area contributed by atoms with E-state index in [0.29, 0.717) is 10.8 Å². The molecule has 0 amide bonds. The lowest BCUT2D eigenvalue weighted by Gasteiger charge is -2.24. The molecule has 4 heteroatoms. The van der Waals surface area contributed by atoms with Crippen molar-refractivity contribution in [1.29, 1.82) is 0 Å². The molecule has 20 heavy (non-hydrogen) atoms. The number of aliphatic hydroxyl groups is 1. The summed E-state index contributed by atoms with van der Waals surface area (Å²) < 4.78 is 23.1. The van der Waals surface area contributed by atoms with E-state index in [9.17, 15) is 13.5 Å². The third-order valence-corrected chi connectivity index (χ3v) is 6.19. The average molecular weight is 294 g/mol. The Morgan fingerprint density at radius 3 is 2.70 bits per heavy atom. The lowest BCUT2D eigenvalue weighted by Crippen LogP contribution is -2.14. The predicted molar refractivity (Wildman–Crippen MR) is 78.1 cm³/mol. The lowest BCUT2D eigenvalue weighted by molar-refractivity contribution is 0.125. The zero-order chi connectivity index (χ0) is 14.3. The predicted octanol–water partition coefficient (Wildman–Crippen LogP) is 2.95. The zero-order valence-corrected chi connectivity index (χ0v) is 12.6. The summed E-state index contributed by atoms with van der Waals surface area (Å²) in [5.74, 6) is 2.28. The maximum atomic E-state index is 11.6. The van der Waals surface area contributed by atoms with Crippen LogP contribution in [0.3, 0.4) is 0 Å². The quantitative estimate of drug-likeness (QED) is 0.929. The van der Waals surface area contributed by atoms with Crippen LogP contribution in [-0.4, -0.2) is 19.8 Å². The molecule has 1 N–H and O–H groups in total. The molecule has 110 valence electrons. The normalized spacial score (nSPS) is 30.6. The van der Waals surface area contributed by atoms with Gasteiger partial charge in [0.1, 0.15) is 0 Å². The molecule has 0 radical (unpaired) electrons. The largest absolute Gasteiger partial charge is 0.388 e. The first-order chi connectivity index (χ1) is 9.43. The van der Waals surface area contributed by atoms with E-state index in [1.807, 2.05) is 6.07 Å². The highest BCUT2D eigenvalue weighted by Crippen LogP contribution is 2.50. The molecule has 1 aromatic rings. The van der Waals surface area contributed by atoms with Crippen LogP contribution < -0.4 is 0 Å². The number of benzene rings is 1. The Balaban J connectivity index is 1.72. The van der Waals surface area contributed by atoms with Crippen LogP contribution in [0.4, 0.5) is 0 Å². The van der Waals surface area contributed by atoms with E-state index in [2.05, 4.69) is 0 Å². The molecule has 2 fully saturated rings. The van der Waals surface area contributed by atoms with Gasteiger partial charge in [-0.05, 0) is 61.1 Å². The minimum atomic E-state index is -3.21. The highest BCUT2D eigenvalue weighted by molar-refractivity contribution is 7.90. The fourth-order valence-corrected chi connectivity index (χ4v) is 4.72. The molecule has 0 heterocycles. The monoisotopic (exact) mass is 294 g/mol. The molecule has 0 saturated heterocycles. The Morgan fingerprint density at radius 2 is 2.10 bits per heavy atom. The standard InChI is InChI=1S/C16H22O3S/c1-20(18,19)15-4-2-3-13(9-15)16(17)10-14-8-11-5-6-12(14)7-11/h2-4,9,11-12,14,16-17H,5-8,10H2,1H3. The van der Waals surface area contributed by atoms with Crippen molar-refractivity contribution in [2.75, 3.05) is 6.26 Å². The fourth-order valence-electron chi connectivity index (χ4n) is 4.04. The van der Waals surface area contributed by atoms with Crippen LogP contribution >= 0.6 is 0 Å². The number of aliphatic hydroxyl groups excluding tert-OH is 1. The van der Waals surface area contributed by atoms with Crippen molar-refractivity contribution < 1.29 is 13.5 Å². The summed E-state index contributed by atoms with van der Waals surface area (Å²) in [6.45, 7) is 0. The summed E-state index contributed by atoms with van der Waals surface area (Å²) in [7, 11) is -3.21. The van der Waals surface area contributed by atoms with E-state index in [-0.39, 0.29) is 0 Å². The van der Waals surface area contributed by atoms with Gasteiger partial charge in [-0.2, -0.15) is 0 Å². The molecule has 0 aliphatic heterocycles. The van der Waals surface area contributed by atoms with Crippen molar-refractivity contribution in [3.8, 4) is 0 Å². The Hall–Kier alpha value is -0.870. The molecule has 2 aliphatic rings. The topological polar surface area (TPSA) is 54.4 Å². The first kappa shape index (κ1) is 14.1. The smallest absolute Gasteiger partial charge is 0.175 e. The van der Waals surface area contributed by atoms with Crippen LogP contribution in [0.1, 0.15) is 43.8 Å². The summed E-state index contributed by atoms with van der Waals surface area (Å²) in [6.07, 6.45) is 6.68. The first-order valence-corrected chi connectivity index (χ1v) is 9.30. The number of hydrogen-bond donors (Lipinski definition) is 1. The van der Waals surface area contributed by atoms with Gasteiger partial charge in [-0.3, -0.25) is 0 Å². The van der Waals surface area contributed by atoms with E-state index in [4.69, 9.17) is 0 Å². The number of rotatable bonds is 4. The Labute approximate surface area is 120 Å². The van der Waals surface area contributed by atoms with E-state index in [1.165, 1.54) is 31.9 Å². The van der Waals surface area contributed by atoms with Gasteiger partial charge >= 0.3 is 0 Å². The van der Waals surface area contributed by atoms with Crippen LogP contribution in [0.15, 0.2) is 29.2 Å². The summed E-state index contributed by atoms with van der Waals surface area (Å²) in [4.78, 5) is 0.294. The van der Waals surface area contributed by atoms with Gasteiger partial charge in [0.15, 0.2) is 9.84 Å². The van der Waals surface area contributed by atoms with Crippen LogP contribution in [0.25, 0.3) is 0 Å². The highest BCUT2D eigenvalue weighted by atomic mass is 32.2. The van der Waals surface area contributed by atoms with E-state index in [0.717, 1.165) is 23.8 Å². The third-order valence-electron chi connectivity index (χ3n) is 5.08. The fraction of sp³-hybridized carbons (Fsp3) is 0.625. The van der Waals surface area contributed by atoms with Gasteiger partial charge < -0.3 is 5.11 Å². The van der Waals surface area contributed by atoms with E-state index < -0.39 is 15.9 Å². The number of sulfone groups is 1. The van der Waals surface area contributed by atoms with Gasteiger partial charge in [-0.1, -0.05) is 18.6 Å². The maximum Gasteiger partial charge on any atom is 0.175 e. The Bertz CT molecular complexity index is 593. The number of fused-ring (bicyclic) bond motifs is 2. The van der Waals surface area contributed by atoms with Gasteiger partial charge in [0.25, 0.3) is 0 Å². The van der Waals surface area contributed by atoms with Crippen molar-refractivity contribution in [2.45, 2.75) is 43.1 Å². The molecule has 0 aromatic heterocycles. The minimum absolute atomic E-state index is 0.294. The zero-order valence-electron chi connectivity index (χ0n) is 11.8. The molecule has 2 bridgehead atoms. The van der Waals surface area contributed by atoms with Crippen molar-refractivity contribution in [3.05, 3.63) is 29.8 Å². The van der Waals surface area contributed by atoms with Gasteiger partial charge in [0, 0.05) is 6.26 Å². The second-order valence-electron chi connectivity index (χ2n) is 6.53. The summed E-state index contributed by atoms with van der Waals surface area (Å²) in [6, 6.07) is 6.75. The van der Waals surface area contributed by atoms with Gasteiger partial charge in [-0.15, -0.1) is 0 Å². The van der Waals surface area contributed by atoms with Crippen molar-refractivity contribution in [1.82, 2.24) is 0 Å². The third kappa shape index (κ3) is 2.77. The van der Waals surface area contributed by atoms with Gasteiger partial charge in [0.2, 0.25) is 0 Å². The molecule has 2 saturated carbocycles. The molecule has 0 spiro atoms. The second-order valence-corrected chi connectivity index (χ2v) is 8.55. The Morgan fingerprint density at radius 1 is 1.30 bits per heavy atom. The van der Waals surface area contributed by atoms with Crippen LogP contribution in [0, 0.1) is 17.8 Å². The first-order valence-electron chi connectivity index (χ1n) is 7.41. The van der Waals surface area contributed by atoms with Gasteiger partial charge in [0.05, 0.1) is 11.0 Å². The SMILES string of the molecule is CS(=O)(=O)c1cccc(C(O)CC2CC3CCC2C3)c1. The summed E-state index contributed by atoms with van der Waals surface area (Å²) in [5.41, 5.74) is 0.732. The molecule has 3 rings (SSSR count). The Kier molecular flexibility index (Phi) is 3.63. The molecule has 2 aliphatic carbocycles. The lowest BCUT2D eigenvalue weighted by atomic mass is 9.83. The molecule has 3 nitrogen and oxygen atoms in total. The van der Waals surface area contributed by atoms with Crippen LogP contribution in [-0.2, 0) is 9.84 Å². The van der Waals surface area contributed by atoms with Crippen molar-refractivity contribution in [3.63, 3.8) is 0 Å². The molecule has 4 unspecified atom stereocenters. The van der Waals surface area contributed by atoms with E-state index >= 15 is 0 Å². The molecule has 1 aromatic carbocycles. The molecular weight excluding hydrogens is 272 g/mol. The average Bonchev–Trinajstić information content (AvgIpc) is 3.00. The highest BCUT2D eigenvalue weighted by Gasteiger charge is 2.40. The minimum Gasteiger partial charge on any atom is -0.388 e. The van der Waals surface area contributed by atoms with Crippen LogP contribution in [0.5, 0.6) is 0 Å². The number of hydrogen-bond acceptors (Lipinski definition) is 3. The maximum absolute atomic E-state index is 11.6. The molecular formula is C16H22O3S.